The van der Waals surface area contributed by atoms with Gasteiger partial charge in [0.1, 0.15) is 29.8 Å². The van der Waals surface area contributed by atoms with Crippen molar-refractivity contribution >= 4 is 11.7 Å². The average molecular weight is 357 g/mol. The fourth-order valence-corrected chi connectivity index (χ4v) is 3.69. The summed E-state index contributed by atoms with van der Waals surface area (Å²) in [5.41, 5.74) is 0.849. The van der Waals surface area contributed by atoms with Crippen molar-refractivity contribution in [3.05, 3.63) is 41.2 Å². The van der Waals surface area contributed by atoms with Gasteiger partial charge in [0.05, 0.1) is 12.1 Å². The molecule has 2 N–H and O–H groups in total. The summed E-state index contributed by atoms with van der Waals surface area (Å²) >= 11 is 0. The summed E-state index contributed by atoms with van der Waals surface area (Å²) in [6.07, 6.45) is 3.13. The number of hydrogen-bond acceptors (Lipinski definition) is 5. The molecular formula is C20H23NO5. The van der Waals surface area contributed by atoms with Crippen LogP contribution in [0.1, 0.15) is 31.7 Å². The summed E-state index contributed by atoms with van der Waals surface area (Å²) in [5.74, 6) is -0.362. The Morgan fingerprint density at radius 1 is 1.12 bits per heavy atom. The highest BCUT2D eigenvalue weighted by Gasteiger charge is 2.40. The number of nitrogens with one attached hydrogen (secondary N) is 1. The normalized spacial score (nSPS) is 31.9. The lowest BCUT2D eigenvalue weighted by Gasteiger charge is -2.12. The van der Waals surface area contributed by atoms with E-state index in [0.717, 1.165) is 24.2 Å². The van der Waals surface area contributed by atoms with Gasteiger partial charge < -0.3 is 19.9 Å². The molecule has 0 unspecified atom stereocenters. The highest BCUT2D eigenvalue weighted by atomic mass is 16.6. The Morgan fingerprint density at radius 2 is 1.88 bits per heavy atom. The number of ketones is 1. The van der Waals surface area contributed by atoms with E-state index >= 15 is 0 Å². The van der Waals surface area contributed by atoms with Crippen LogP contribution in [0.25, 0.3) is 0 Å². The Kier molecular flexibility index (Phi) is 4.44. The summed E-state index contributed by atoms with van der Waals surface area (Å²) in [7, 11) is 0. The molecule has 4 aliphatic rings. The molecule has 1 aromatic rings. The first-order valence-corrected chi connectivity index (χ1v) is 9.18. The molecule has 1 amide bonds. The Morgan fingerprint density at radius 3 is 2.65 bits per heavy atom. The summed E-state index contributed by atoms with van der Waals surface area (Å²) in [5, 5.41) is 13.2. The summed E-state index contributed by atoms with van der Waals surface area (Å²) in [4.78, 5) is 24.9. The Hall–Kier alpha value is -2.34. The molecule has 0 radical (unpaired) electrons. The van der Waals surface area contributed by atoms with Gasteiger partial charge in [-0.2, -0.15) is 0 Å². The molecule has 2 fully saturated rings. The topological polar surface area (TPSA) is 88.2 Å². The minimum atomic E-state index is -0.629. The molecule has 0 spiro atoms. The van der Waals surface area contributed by atoms with Crippen LogP contribution in [-0.2, 0) is 20.7 Å². The zero-order chi connectivity index (χ0) is 18.3. The predicted octanol–water partition coefficient (Wildman–Crippen LogP) is 2.07. The van der Waals surface area contributed by atoms with Gasteiger partial charge in [0.25, 0.3) is 5.91 Å². The monoisotopic (exact) mass is 357 g/mol. The number of benzene rings is 1. The number of aliphatic hydroxyl groups is 1. The van der Waals surface area contributed by atoms with Gasteiger partial charge >= 0.3 is 0 Å². The van der Waals surface area contributed by atoms with Crippen molar-refractivity contribution in [1.82, 2.24) is 5.32 Å². The first-order valence-electron chi connectivity index (χ1n) is 9.18. The number of fused-ring (bicyclic) bond motifs is 7. The Labute approximate surface area is 152 Å². The molecule has 138 valence electrons. The van der Waals surface area contributed by atoms with E-state index in [2.05, 4.69) is 5.32 Å². The lowest BCUT2D eigenvalue weighted by Crippen LogP contribution is -2.31. The van der Waals surface area contributed by atoms with Crippen LogP contribution in [0.2, 0.25) is 0 Å². The number of allylic oxidation sites excluding steroid dienone is 1. The second-order valence-corrected chi connectivity index (χ2v) is 7.35. The van der Waals surface area contributed by atoms with Crippen LogP contribution in [0.5, 0.6) is 5.75 Å². The van der Waals surface area contributed by atoms with Gasteiger partial charge in [-0.15, -0.1) is 0 Å². The molecule has 1 aromatic carbocycles. The molecule has 4 aliphatic heterocycles. The van der Waals surface area contributed by atoms with Gasteiger partial charge in [-0.1, -0.05) is 25.5 Å². The quantitative estimate of drug-likeness (QED) is 0.548. The minimum Gasteiger partial charge on any atom is -0.511 e. The van der Waals surface area contributed by atoms with Crippen LogP contribution < -0.4 is 10.1 Å². The molecule has 5 rings (SSSR count). The number of Topliss-reactive ketones (excluding diaryl/α,β-unsaturated/α-hetero) is 1. The van der Waals surface area contributed by atoms with Gasteiger partial charge in [0, 0.05) is 12.3 Å². The molecule has 0 aliphatic carbocycles. The van der Waals surface area contributed by atoms with Gasteiger partial charge in [0.15, 0.2) is 5.78 Å². The van der Waals surface area contributed by atoms with Crippen molar-refractivity contribution in [3.8, 4) is 5.75 Å². The van der Waals surface area contributed by atoms with E-state index in [9.17, 15) is 14.7 Å². The molecule has 0 saturated carbocycles. The van der Waals surface area contributed by atoms with E-state index in [1.165, 1.54) is 0 Å². The van der Waals surface area contributed by atoms with Crippen molar-refractivity contribution in [3.63, 3.8) is 0 Å². The number of amides is 1. The van der Waals surface area contributed by atoms with Crippen LogP contribution in [-0.4, -0.2) is 41.7 Å². The van der Waals surface area contributed by atoms with Crippen molar-refractivity contribution in [1.29, 1.82) is 0 Å². The molecule has 6 nitrogen and oxygen atoms in total. The van der Waals surface area contributed by atoms with Crippen LogP contribution in [0.15, 0.2) is 35.6 Å². The minimum absolute atomic E-state index is 0.0766. The lowest BCUT2D eigenvalue weighted by molar-refractivity contribution is -0.117. The maximum absolute atomic E-state index is 12.6. The van der Waals surface area contributed by atoms with E-state index in [-0.39, 0.29) is 35.2 Å². The van der Waals surface area contributed by atoms with Gasteiger partial charge in [-0.05, 0) is 30.5 Å². The Bertz CT molecular complexity index is 754. The maximum Gasteiger partial charge on any atom is 0.259 e. The molecule has 4 atom stereocenters. The fraction of sp³-hybridized carbons (Fsp3) is 0.500. The smallest absolute Gasteiger partial charge is 0.259 e. The Balaban J connectivity index is 1.60. The third-order valence-electron chi connectivity index (χ3n) is 5.41. The first kappa shape index (κ1) is 17.1. The third kappa shape index (κ3) is 3.33. The number of carbonyl (C=O) groups excluding carboxylic acids is 2. The number of rotatable bonds is 0. The van der Waals surface area contributed by atoms with Crippen LogP contribution >= 0.6 is 0 Å². The summed E-state index contributed by atoms with van der Waals surface area (Å²) in [6.45, 7) is 2.38. The van der Waals surface area contributed by atoms with E-state index in [1.54, 1.807) is 0 Å². The number of carbonyl (C=O) groups is 2. The predicted molar refractivity (Wildman–Crippen MR) is 93.9 cm³/mol. The molecule has 0 aromatic heterocycles. The van der Waals surface area contributed by atoms with E-state index in [1.807, 2.05) is 31.2 Å². The molecular weight excluding hydrogens is 334 g/mol. The lowest BCUT2D eigenvalue weighted by atomic mass is 9.94. The maximum atomic E-state index is 12.6. The van der Waals surface area contributed by atoms with E-state index in [4.69, 9.17) is 9.47 Å². The highest BCUT2D eigenvalue weighted by Crippen LogP contribution is 2.31. The SMILES string of the molecule is C[C@@H]1CCC[C@H]2O[C@@H]2COc2ccc(cc2)C[C@H]2NC(=O)C(=C1O)C2=O. The summed E-state index contributed by atoms with van der Waals surface area (Å²) in [6, 6.07) is 6.88. The number of hydrogen-bond donors (Lipinski definition) is 2. The second-order valence-electron chi connectivity index (χ2n) is 7.35. The molecule has 6 heteroatoms. The second kappa shape index (κ2) is 6.76. The highest BCUT2D eigenvalue weighted by molar-refractivity contribution is 6.26. The van der Waals surface area contributed by atoms with Crippen molar-refractivity contribution < 1.29 is 24.2 Å². The van der Waals surface area contributed by atoms with Crippen LogP contribution in [0, 0.1) is 5.92 Å². The van der Waals surface area contributed by atoms with Crippen LogP contribution in [0.4, 0.5) is 0 Å². The molecule has 26 heavy (non-hydrogen) atoms. The number of epoxide rings is 1. The van der Waals surface area contributed by atoms with Crippen LogP contribution in [0.3, 0.4) is 0 Å². The van der Waals surface area contributed by atoms with E-state index < -0.39 is 11.9 Å². The zero-order valence-electron chi connectivity index (χ0n) is 14.7. The molecule has 4 heterocycles. The molecule has 2 saturated heterocycles. The van der Waals surface area contributed by atoms with Crippen molar-refractivity contribution in [2.24, 2.45) is 5.92 Å². The third-order valence-corrected chi connectivity index (χ3v) is 5.41. The zero-order valence-corrected chi connectivity index (χ0v) is 14.7. The summed E-state index contributed by atoms with van der Waals surface area (Å²) < 4.78 is 11.4. The average Bonchev–Trinajstić information content (AvgIpc) is 3.31. The van der Waals surface area contributed by atoms with E-state index in [0.29, 0.717) is 19.4 Å². The largest absolute Gasteiger partial charge is 0.511 e. The van der Waals surface area contributed by atoms with Gasteiger partial charge in [0.2, 0.25) is 0 Å². The first-order chi connectivity index (χ1) is 12.5. The fourth-order valence-electron chi connectivity index (χ4n) is 3.69. The standard InChI is InChI=1S/C20H23NO5/c1-11-3-2-4-15-16(26-15)10-25-13-7-5-12(6-8-13)9-14-19(23)17(18(11)22)20(24)21-14/h5-8,11,14-16,22H,2-4,9-10H2,1H3,(H,21,24)/t11-,14-,15-,16-/m1/s1. The van der Waals surface area contributed by atoms with Gasteiger partial charge in [-0.25, -0.2) is 0 Å². The number of aliphatic hydroxyl groups excluding tert-OH is 1. The van der Waals surface area contributed by atoms with Gasteiger partial charge in [-0.3, -0.25) is 9.59 Å². The molecule has 4 bridgehead atoms. The van der Waals surface area contributed by atoms with Crippen molar-refractivity contribution in [2.75, 3.05) is 6.61 Å². The number of ether oxygens (including phenoxy) is 2. The van der Waals surface area contributed by atoms with Crippen molar-refractivity contribution in [2.45, 2.75) is 50.9 Å².